The Kier molecular flexibility index (Phi) is 4.61. The first kappa shape index (κ1) is 16.0. The number of nitrogens with one attached hydrogen (secondary N) is 2. The monoisotopic (exact) mass is 334 g/mol. The summed E-state index contributed by atoms with van der Waals surface area (Å²) in [7, 11) is 0. The molecular weight excluding hydrogens is 310 g/mol. The zero-order chi connectivity index (χ0) is 17.1. The SMILES string of the molecule is O=c1[nH]c(C[NH+]2CCC(Cc3ccccc3)CC2)nc2ccccc12. The van der Waals surface area contributed by atoms with Gasteiger partial charge in [-0.3, -0.25) is 4.79 Å². The molecule has 128 valence electrons. The van der Waals surface area contributed by atoms with Gasteiger partial charge in [0.1, 0.15) is 6.54 Å². The molecule has 0 amide bonds. The lowest BCUT2D eigenvalue weighted by Crippen LogP contribution is -3.11. The van der Waals surface area contributed by atoms with Gasteiger partial charge in [0.15, 0.2) is 5.82 Å². The topological polar surface area (TPSA) is 50.2 Å². The fourth-order valence-electron chi connectivity index (χ4n) is 3.87. The van der Waals surface area contributed by atoms with Gasteiger partial charge in [0.05, 0.1) is 24.0 Å². The van der Waals surface area contributed by atoms with Crippen LogP contribution in [0.4, 0.5) is 0 Å². The number of para-hydroxylation sites is 1. The summed E-state index contributed by atoms with van der Waals surface area (Å²) in [6.45, 7) is 3.10. The summed E-state index contributed by atoms with van der Waals surface area (Å²) in [4.78, 5) is 21.3. The molecule has 1 aliphatic heterocycles. The van der Waals surface area contributed by atoms with E-state index in [2.05, 4.69) is 40.3 Å². The number of likely N-dealkylation sites (tertiary alicyclic amines) is 1. The molecule has 1 aromatic heterocycles. The number of aromatic amines is 1. The Morgan fingerprint density at radius 2 is 1.72 bits per heavy atom. The Balaban J connectivity index is 1.38. The molecule has 2 heterocycles. The van der Waals surface area contributed by atoms with Crippen molar-refractivity contribution in [3.8, 4) is 0 Å². The number of rotatable bonds is 4. The van der Waals surface area contributed by atoms with E-state index in [0.29, 0.717) is 5.39 Å². The first-order chi connectivity index (χ1) is 12.3. The molecule has 1 fully saturated rings. The lowest BCUT2D eigenvalue weighted by molar-refractivity contribution is -0.920. The van der Waals surface area contributed by atoms with Crippen LogP contribution in [-0.2, 0) is 13.0 Å². The average molecular weight is 334 g/mol. The van der Waals surface area contributed by atoms with Crippen molar-refractivity contribution in [2.75, 3.05) is 13.1 Å². The van der Waals surface area contributed by atoms with Crippen LogP contribution >= 0.6 is 0 Å². The van der Waals surface area contributed by atoms with Gasteiger partial charge in [0, 0.05) is 0 Å². The highest BCUT2D eigenvalue weighted by Gasteiger charge is 2.23. The first-order valence-corrected chi connectivity index (χ1v) is 9.13. The molecule has 1 saturated heterocycles. The van der Waals surface area contributed by atoms with Crippen LogP contribution in [0.2, 0.25) is 0 Å². The number of benzene rings is 2. The third-order valence-corrected chi connectivity index (χ3v) is 5.26. The Labute approximate surface area is 147 Å². The van der Waals surface area contributed by atoms with Gasteiger partial charge in [0.2, 0.25) is 0 Å². The normalized spacial score (nSPS) is 20.6. The van der Waals surface area contributed by atoms with Gasteiger partial charge in [-0.1, -0.05) is 42.5 Å². The van der Waals surface area contributed by atoms with Crippen LogP contribution in [-0.4, -0.2) is 23.1 Å². The third-order valence-electron chi connectivity index (χ3n) is 5.26. The largest absolute Gasteiger partial charge is 0.329 e. The molecule has 0 bridgehead atoms. The lowest BCUT2D eigenvalue weighted by Gasteiger charge is -2.29. The van der Waals surface area contributed by atoms with Crippen molar-refractivity contribution in [3.05, 3.63) is 76.3 Å². The van der Waals surface area contributed by atoms with Gasteiger partial charge >= 0.3 is 0 Å². The molecule has 0 unspecified atom stereocenters. The molecule has 4 rings (SSSR count). The minimum atomic E-state index is -0.0287. The molecule has 0 saturated carbocycles. The van der Waals surface area contributed by atoms with Crippen molar-refractivity contribution in [2.45, 2.75) is 25.8 Å². The van der Waals surface area contributed by atoms with Crippen molar-refractivity contribution in [3.63, 3.8) is 0 Å². The minimum Gasteiger partial charge on any atom is -0.329 e. The molecule has 0 atom stereocenters. The van der Waals surface area contributed by atoms with E-state index in [4.69, 9.17) is 0 Å². The number of hydrogen-bond donors (Lipinski definition) is 2. The number of quaternary nitrogens is 1. The van der Waals surface area contributed by atoms with Gasteiger partial charge in [-0.25, -0.2) is 4.98 Å². The van der Waals surface area contributed by atoms with Crippen LogP contribution in [0.15, 0.2) is 59.4 Å². The minimum absolute atomic E-state index is 0.0287. The molecule has 4 nitrogen and oxygen atoms in total. The number of piperidine rings is 1. The highest BCUT2D eigenvalue weighted by Crippen LogP contribution is 2.16. The highest BCUT2D eigenvalue weighted by molar-refractivity contribution is 5.77. The van der Waals surface area contributed by atoms with Gasteiger partial charge in [-0.2, -0.15) is 0 Å². The molecule has 0 aliphatic carbocycles. The van der Waals surface area contributed by atoms with Crippen molar-refractivity contribution >= 4 is 10.9 Å². The zero-order valence-electron chi connectivity index (χ0n) is 14.4. The van der Waals surface area contributed by atoms with E-state index in [-0.39, 0.29) is 5.56 Å². The second-order valence-electron chi connectivity index (χ2n) is 7.09. The fraction of sp³-hybridized carbons (Fsp3) is 0.333. The second-order valence-corrected chi connectivity index (χ2v) is 7.09. The molecule has 1 aliphatic rings. The Morgan fingerprint density at radius 1 is 1.00 bits per heavy atom. The van der Waals surface area contributed by atoms with E-state index in [1.807, 2.05) is 24.3 Å². The molecule has 4 heteroatoms. The van der Waals surface area contributed by atoms with Crippen molar-refractivity contribution < 1.29 is 4.90 Å². The van der Waals surface area contributed by atoms with Crippen LogP contribution in [0.5, 0.6) is 0 Å². The van der Waals surface area contributed by atoms with Crippen molar-refractivity contribution in [1.29, 1.82) is 0 Å². The molecule has 2 N–H and O–H groups in total. The Bertz CT molecular complexity index is 896. The number of nitrogens with zero attached hydrogens (tertiary/aromatic N) is 1. The van der Waals surface area contributed by atoms with E-state index in [0.717, 1.165) is 36.9 Å². The standard InChI is InChI=1S/C21H23N3O/c25-21-18-8-4-5-9-19(18)22-20(23-21)15-24-12-10-17(11-13-24)14-16-6-2-1-3-7-16/h1-9,17H,10-15H2,(H,22,23,25)/p+1. The van der Waals surface area contributed by atoms with E-state index in [1.165, 1.54) is 29.7 Å². The van der Waals surface area contributed by atoms with Gasteiger partial charge in [0.25, 0.3) is 5.56 Å². The number of H-pyrrole nitrogens is 1. The molecule has 3 aromatic rings. The van der Waals surface area contributed by atoms with Crippen LogP contribution in [0.1, 0.15) is 24.2 Å². The summed E-state index contributed by atoms with van der Waals surface area (Å²) in [5.41, 5.74) is 2.20. The van der Waals surface area contributed by atoms with Crippen LogP contribution < -0.4 is 10.5 Å². The smallest absolute Gasteiger partial charge is 0.258 e. The average Bonchev–Trinajstić information content (AvgIpc) is 2.64. The Morgan fingerprint density at radius 3 is 2.52 bits per heavy atom. The van der Waals surface area contributed by atoms with Crippen LogP contribution in [0.25, 0.3) is 10.9 Å². The fourth-order valence-corrected chi connectivity index (χ4v) is 3.87. The summed E-state index contributed by atoms with van der Waals surface area (Å²) >= 11 is 0. The van der Waals surface area contributed by atoms with Crippen molar-refractivity contribution in [2.24, 2.45) is 5.92 Å². The predicted molar refractivity (Wildman–Crippen MR) is 99.6 cm³/mol. The molecule has 0 radical (unpaired) electrons. The summed E-state index contributed by atoms with van der Waals surface area (Å²) in [5.74, 6) is 1.58. The van der Waals surface area contributed by atoms with E-state index in [9.17, 15) is 4.79 Å². The number of fused-ring (bicyclic) bond motifs is 1. The maximum atomic E-state index is 12.2. The first-order valence-electron chi connectivity index (χ1n) is 9.13. The van der Waals surface area contributed by atoms with Crippen LogP contribution in [0, 0.1) is 5.92 Å². The summed E-state index contributed by atoms with van der Waals surface area (Å²) < 4.78 is 0. The maximum Gasteiger partial charge on any atom is 0.258 e. The van der Waals surface area contributed by atoms with E-state index >= 15 is 0 Å². The Hall–Kier alpha value is -2.46. The number of hydrogen-bond acceptors (Lipinski definition) is 2. The van der Waals surface area contributed by atoms with E-state index in [1.54, 1.807) is 0 Å². The lowest BCUT2D eigenvalue weighted by atomic mass is 9.90. The predicted octanol–water partition coefficient (Wildman–Crippen LogP) is 1.96. The van der Waals surface area contributed by atoms with Crippen molar-refractivity contribution in [1.82, 2.24) is 9.97 Å². The van der Waals surface area contributed by atoms with E-state index < -0.39 is 0 Å². The molecule has 25 heavy (non-hydrogen) atoms. The van der Waals surface area contributed by atoms with Gasteiger partial charge < -0.3 is 9.88 Å². The van der Waals surface area contributed by atoms with Gasteiger partial charge in [-0.15, -0.1) is 0 Å². The van der Waals surface area contributed by atoms with Gasteiger partial charge in [-0.05, 0) is 42.9 Å². The molecular formula is C21H24N3O+. The zero-order valence-corrected chi connectivity index (χ0v) is 14.4. The van der Waals surface area contributed by atoms with Crippen LogP contribution in [0.3, 0.4) is 0 Å². The quantitative estimate of drug-likeness (QED) is 0.766. The second kappa shape index (κ2) is 7.19. The number of aromatic nitrogens is 2. The summed E-state index contributed by atoms with van der Waals surface area (Å²) in [5, 5.41) is 0.669. The molecule has 0 spiro atoms. The third kappa shape index (κ3) is 3.80. The summed E-state index contributed by atoms with van der Waals surface area (Å²) in [6.07, 6.45) is 3.66. The summed E-state index contributed by atoms with van der Waals surface area (Å²) in [6, 6.07) is 18.3. The highest BCUT2D eigenvalue weighted by atomic mass is 16.1. The maximum absolute atomic E-state index is 12.2. The molecule has 2 aromatic carbocycles.